The van der Waals surface area contributed by atoms with Crippen LogP contribution in [0.1, 0.15) is 57.5 Å². The number of allylic oxidation sites excluding steroid dienone is 1. The van der Waals surface area contributed by atoms with E-state index in [4.69, 9.17) is 23.2 Å². The van der Waals surface area contributed by atoms with Crippen molar-refractivity contribution in [2.24, 2.45) is 22.2 Å². The fourth-order valence-corrected chi connectivity index (χ4v) is 4.43. The van der Waals surface area contributed by atoms with E-state index in [0.717, 1.165) is 12.0 Å². The summed E-state index contributed by atoms with van der Waals surface area (Å²) in [6.45, 7) is 12.7. The average Bonchev–Trinajstić information content (AvgIpc) is 2.77. The molecule has 0 saturated heterocycles. The lowest BCUT2D eigenvalue weighted by molar-refractivity contribution is 0.0873. The largest absolute Gasteiger partial charge is 0.294 e. The Balaban J connectivity index is 2.32. The normalized spacial score (nSPS) is 28.6. The minimum absolute atomic E-state index is 0.159. The first kappa shape index (κ1) is 18.5. The van der Waals surface area contributed by atoms with Gasteiger partial charge in [0.15, 0.2) is 5.78 Å². The molecule has 126 valence electrons. The zero-order valence-electron chi connectivity index (χ0n) is 14.8. The highest BCUT2D eigenvalue weighted by Gasteiger charge is 2.79. The number of rotatable bonds is 5. The molecular weight excluding hydrogens is 327 g/mol. The van der Waals surface area contributed by atoms with Crippen molar-refractivity contribution in [3.8, 4) is 0 Å². The first-order valence-electron chi connectivity index (χ1n) is 8.15. The van der Waals surface area contributed by atoms with Gasteiger partial charge in [0.05, 0.1) is 0 Å². The van der Waals surface area contributed by atoms with Crippen LogP contribution >= 0.6 is 23.2 Å². The van der Waals surface area contributed by atoms with E-state index < -0.39 is 5.41 Å². The maximum absolute atomic E-state index is 13.2. The Morgan fingerprint density at radius 3 is 2.04 bits per heavy atom. The summed E-state index contributed by atoms with van der Waals surface area (Å²) in [5.41, 5.74) is 0.989. The van der Waals surface area contributed by atoms with E-state index in [1.165, 1.54) is 5.56 Å². The van der Waals surface area contributed by atoms with E-state index >= 15 is 0 Å². The first-order chi connectivity index (χ1) is 10.5. The predicted molar refractivity (Wildman–Crippen MR) is 99.1 cm³/mol. The molecule has 3 heteroatoms. The Kier molecular flexibility index (Phi) is 4.78. The molecule has 23 heavy (non-hydrogen) atoms. The van der Waals surface area contributed by atoms with Crippen molar-refractivity contribution in [3.05, 3.63) is 46.0 Å². The second-order valence-corrected chi connectivity index (χ2v) is 9.02. The van der Waals surface area contributed by atoms with Crippen LogP contribution in [0, 0.1) is 22.2 Å². The summed E-state index contributed by atoms with van der Waals surface area (Å²) >= 11 is 11.8. The summed E-state index contributed by atoms with van der Waals surface area (Å²) in [6, 6.07) is 8.03. The molecule has 0 spiro atoms. The van der Waals surface area contributed by atoms with Crippen LogP contribution < -0.4 is 0 Å². The molecule has 0 unspecified atom stereocenters. The van der Waals surface area contributed by atoms with Crippen molar-refractivity contribution in [2.45, 2.75) is 48.0 Å². The van der Waals surface area contributed by atoms with Gasteiger partial charge in [0.2, 0.25) is 0 Å². The van der Waals surface area contributed by atoms with Crippen LogP contribution in [0.5, 0.6) is 0 Å². The lowest BCUT2D eigenvalue weighted by Crippen LogP contribution is -2.20. The predicted octanol–water partition coefficient (Wildman–Crippen LogP) is 6.44. The molecule has 1 fully saturated rings. The Hall–Kier alpha value is -0.790. The maximum Gasteiger partial charge on any atom is 0.170 e. The molecule has 0 amide bonds. The second-order valence-electron chi connectivity index (χ2n) is 8.01. The highest BCUT2D eigenvalue weighted by atomic mass is 35.5. The van der Waals surface area contributed by atoms with Gasteiger partial charge in [-0.15, -0.1) is 0 Å². The molecule has 0 radical (unpaired) electrons. The molecule has 0 aliphatic heterocycles. The Bertz CT molecular complexity index is 638. The number of ketones is 1. The highest BCUT2D eigenvalue weighted by Crippen LogP contribution is 2.79. The third-order valence-electron chi connectivity index (χ3n) is 6.24. The van der Waals surface area contributed by atoms with Gasteiger partial charge in [0.25, 0.3) is 0 Å². The summed E-state index contributed by atoms with van der Waals surface area (Å²) in [5.74, 6) is 0.766. The summed E-state index contributed by atoms with van der Waals surface area (Å²) in [7, 11) is 0. The van der Waals surface area contributed by atoms with Gasteiger partial charge in [-0.3, -0.25) is 4.79 Å². The van der Waals surface area contributed by atoms with Gasteiger partial charge in [0.1, 0.15) is 4.49 Å². The van der Waals surface area contributed by atoms with E-state index in [1.54, 1.807) is 0 Å². The molecule has 1 aromatic rings. The van der Waals surface area contributed by atoms with Gasteiger partial charge < -0.3 is 0 Å². The molecular formula is C20H26Cl2O. The average molecular weight is 353 g/mol. The van der Waals surface area contributed by atoms with Crippen LogP contribution in [-0.4, -0.2) is 5.78 Å². The molecule has 0 heterocycles. The van der Waals surface area contributed by atoms with Crippen molar-refractivity contribution in [1.82, 2.24) is 0 Å². The second kappa shape index (κ2) is 5.93. The van der Waals surface area contributed by atoms with E-state index in [9.17, 15) is 4.79 Å². The van der Waals surface area contributed by atoms with Gasteiger partial charge >= 0.3 is 0 Å². The van der Waals surface area contributed by atoms with Crippen molar-refractivity contribution in [3.63, 3.8) is 0 Å². The van der Waals surface area contributed by atoms with E-state index in [1.807, 2.05) is 25.1 Å². The monoisotopic (exact) mass is 352 g/mol. The lowest BCUT2D eigenvalue weighted by Gasteiger charge is -2.15. The number of hydrogen-bond acceptors (Lipinski definition) is 1. The van der Waals surface area contributed by atoms with E-state index in [2.05, 4.69) is 46.8 Å². The summed E-state index contributed by atoms with van der Waals surface area (Å²) in [5, 5.41) is 0. The molecule has 1 aliphatic rings. The first-order valence-corrected chi connectivity index (χ1v) is 8.90. The van der Waals surface area contributed by atoms with Crippen LogP contribution in [0.15, 0.2) is 34.8 Å². The number of hydrogen-bond donors (Lipinski definition) is 0. The minimum atomic E-state index is -0.505. The van der Waals surface area contributed by atoms with Gasteiger partial charge in [-0.1, -0.05) is 89.0 Å². The SMILES string of the molecule is CC(C)Cc1ccc(C(=O)[C@@]2(C)C(C)(C)[C@]2(C)C=C(Cl)Cl)cc1. The Morgan fingerprint density at radius 1 is 1.09 bits per heavy atom. The van der Waals surface area contributed by atoms with Crippen LogP contribution in [-0.2, 0) is 6.42 Å². The number of carbonyl (C=O) groups excluding carboxylic acids is 1. The molecule has 0 bridgehead atoms. The van der Waals surface area contributed by atoms with Crippen LogP contribution in [0.4, 0.5) is 0 Å². The van der Waals surface area contributed by atoms with E-state index in [0.29, 0.717) is 5.92 Å². The van der Waals surface area contributed by atoms with Crippen LogP contribution in [0.2, 0.25) is 0 Å². The van der Waals surface area contributed by atoms with Crippen molar-refractivity contribution < 1.29 is 4.79 Å². The zero-order valence-corrected chi connectivity index (χ0v) is 16.3. The molecule has 2 atom stereocenters. The van der Waals surface area contributed by atoms with Crippen molar-refractivity contribution in [1.29, 1.82) is 0 Å². The van der Waals surface area contributed by atoms with Gasteiger partial charge in [0, 0.05) is 16.4 Å². The lowest BCUT2D eigenvalue weighted by atomic mass is 9.86. The number of halogens is 2. The van der Waals surface area contributed by atoms with Gasteiger partial charge in [-0.25, -0.2) is 0 Å². The molecule has 1 aromatic carbocycles. The number of carbonyl (C=O) groups is 1. The highest BCUT2D eigenvalue weighted by molar-refractivity contribution is 6.55. The summed E-state index contributed by atoms with van der Waals surface area (Å²) in [6.07, 6.45) is 2.85. The Morgan fingerprint density at radius 2 is 1.61 bits per heavy atom. The topological polar surface area (TPSA) is 17.1 Å². The van der Waals surface area contributed by atoms with Crippen molar-refractivity contribution >= 4 is 29.0 Å². The molecule has 0 aromatic heterocycles. The quantitative estimate of drug-likeness (QED) is 0.557. The fourth-order valence-electron chi connectivity index (χ4n) is 4.00. The molecule has 1 nitrogen and oxygen atoms in total. The fraction of sp³-hybridized carbons (Fsp3) is 0.550. The standard InChI is InChI=1S/C20H26Cl2O/c1-13(2)11-14-7-9-15(10-8-14)17(23)20(6)18(3,4)19(20,5)12-16(21)22/h7-10,12-13H,11H2,1-6H3/t19-,20-/m0/s1. The van der Waals surface area contributed by atoms with Gasteiger partial charge in [-0.05, 0) is 29.4 Å². The maximum atomic E-state index is 13.2. The zero-order chi connectivity index (χ0) is 17.6. The van der Waals surface area contributed by atoms with E-state index in [-0.39, 0.29) is 21.1 Å². The smallest absolute Gasteiger partial charge is 0.170 e. The van der Waals surface area contributed by atoms with Crippen molar-refractivity contribution in [2.75, 3.05) is 0 Å². The number of benzene rings is 1. The number of Topliss-reactive ketones (excluding diaryl/α,β-unsaturated/α-hetero) is 1. The summed E-state index contributed by atoms with van der Waals surface area (Å²) in [4.78, 5) is 13.2. The molecule has 2 rings (SSSR count). The Labute approximate surface area is 150 Å². The van der Waals surface area contributed by atoms with Crippen LogP contribution in [0.3, 0.4) is 0 Å². The van der Waals surface area contributed by atoms with Crippen LogP contribution in [0.25, 0.3) is 0 Å². The molecule has 0 N–H and O–H groups in total. The van der Waals surface area contributed by atoms with Gasteiger partial charge in [-0.2, -0.15) is 0 Å². The third-order valence-corrected chi connectivity index (χ3v) is 6.45. The summed E-state index contributed by atoms with van der Waals surface area (Å²) < 4.78 is 0.226. The third kappa shape index (κ3) is 2.76. The molecule has 1 saturated carbocycles. The minimum Gasteiger partial charge on any atom is -0.294 e. The molecule has 1 aliphatic carbocycles.